The summed E-state index contributed by atoms with van der Waals surface area (Å²) in [6, 6.07) is 9.35. The molecule has 1 saturated heterocycles. The average Bonchev–Trinajstić information content (AvgIpc) is 2.99. The molecule has 1 N–H and O–H groups in total. The van der Waals surface area contributed by atoms with E-state index in [4.69, 9.17) is 4.74 Å². The summed E-state index contributed by atoms with van der Waals surface area (Å²) in [7, 11) is 1.59. The molecule has 132 valence electrons. The largest absolute Gasteiger partial charge is 0.391 e. The van der Waals surface area contributed by atoms with Crippen molar-refractivity contribution in [2.75, 3.05) is 13.7 Å². The van der Waals surface area contributed by atoms with Gasteiger partial charge < -0.3 is 14.7 Å². The first-order valence-corrected chi connectivity index (χ1v) is 8.01. The summed E-state index contributed by atoms with van der Waals surface area (Å²) < 4.78 is 32.7. The molecule has 3 rings (SSSR count). The van der Waals surface area contributed by atoms with Crippen molar-refractivity contribution in [2.24, 2.45) is 0 Å². The number of ether oxygens (including phenoxy) is 1. The van der Waals surface area contributed by atoms with Crippen molar-refractivity contribution >= 4 is 5.91 Å². The molecule has 4 nitrogen and oxygen atoms in total. The number of amides is 1. The number of hydrogen-bond donors (Lipinski definition) is 1. The number of β-amino-alcohol motifs (C(OH)–C–C–N with tert-alkyl or cyclic N) is 1. The Morgan fingerprint density at radius 2 is 1.96 bits per heavy atom. The summed E-state index contributed by atoms with van der Waals surface area (Å²) in [5.41, 5.74) is 1.44. The SMILES string of the molecule is COCc1ccc(C(=O)N2C[C@@H](O)C[C@H]2c2cc(F)ccc2F)cc1. The van der Waals surface area contributed by atoms with Crippen molar-refractivity contribution in [2.45, 2.75) is 25.2 Å². The standard InChI is InChI=1S/C19H19F2NO3/c1-25-11-12-2-4-13(5-3-12)19(24)22-10-15(23)9-18(22)16-8-14(20)6-7-17(16)21/h2-8,15,18,23H,9-11H2,1H3/t15-,18-/m0/s1. The minimum Gasteiger partial charge on any atom is -0.391 e. The van der Waals surface area contributed by atoms with Gasteiger partial charge in [-0.15, -0.1) is 0 Å². The lowest BCUT2D eigenvalue weighted by Crippen LogP contribution is -2.32. The molecule has 0 aliphatic carbocycles. The zero-order chi connectivity index (χ0) is 18.0. The highest BCUT2D eigenvalue weighted by Crippen LogP contribution is 2.35. The fraction of sp³-hybridized carbons (Fsp3) is 0.316. The molecular weight excluding hydrogens is 328 g/mol. The molecule has 0 spiro atoms. The Kier molecular flexibility index (Phi) is 5.11. The van der Waals surface area contributed by atoms with E-state index < -0.39 is 23.8 Å². The van der Waals surface area contributed by atoms with E-state index in [-0.39, 0.29) is 24.4 Å². The van der Waals surface area contributed by atoms with Crippen molar-refractivity contribution in [3.05, 3.63) is 70.8 Å². The van der Waals surface area contributed by atoms with Crippen molar-refractivity contribution in [3.8, 4) is 0 Å². The van der Waals surface area contributed by atoms with Gasteiger partial charge in [-0.05, 0) is 42.3 Å². The molecule has 2 aromatic carbocycles. The fourth-order valence-electron chi connectivity index (χ4n) is 3.18. The number of aliphatic hydroxyl groups is 1. The molecule has 25 heavy (non-hydrogen) atoms. The summed E-state index contributed by atoms with van der Waals surface area (Å²) in [6.07, 6.45) is -0.599. The first kappa shape index (κ1) is 17.5. The molecular formula is C19H19F2NO3. The van der Waals surface area contributed by atoms with Crippen LogP contribution in [0.15, 0.2) is 42.5 Å². The van der Waals surface area contributed by atoms with Crippen molar-refractivity contribution in [3.63, 3.8) is 0 Å². The lowest BCUT2D eigenvalue weighted by molar-refractivity contribution is 0.0713. The third kappa shape index (κ3) is 3.70. The third-order valence-electron chi connectivity index (χ3n) is 4.37. The van der Waals surface area contributed by atoms with E-state index in [1.165, 1.54) is 4.90 Å². The fourth-order valence-corrected chi connectivity index (χ4v) is 3.18. The number of halogens is 2. The lowest BCUT2D eigenvalue weighted by atomic mass is 10.0. The molecule has 0 unspecified atom stereocenters. The summed E-state index contributed by atoms with van der Waals surface area (Å²) in [5, 5.41) is 9.97. The van der Waals surface area contributed by atoms with Crippen LogP contribution in [0.3, 0.4) is 0 Å². The molecule has 1 aliphatic heterocycles. The Labute approximate surface area is 144 Å². The van der Waals surface area contributed by atoms with Crippen molar-refractivity contribution < 1.29 is 23.4 Å². The van der Waals surface area contributed by atoms with E-state index >= 15 is 0 Å². The van der Waals surface area contributed by atoms with Gasteiger partial charge in [0.15, 0.2) is 0 Å². The van der Waals surface area contributed by atoms with Crippen LogP contribution in [0, 0.1) is 11.6 Å². The van der Waals surface area contributed by atoms with Crippen LogP contribution in [0.1, 0.15) is 33.9 Å². The monoisotopic (exact) mass is 347 g/mol. The summed E-state index contributed by atoms with van der Waals surface area (Å²) in [5.74, 6) is -1.49. The van der Waals surface area contributed by atoms with Gasteiger partial charge in [-0.1, -0.05) is 12.1 Å². The van der Waals surface area contributed by atoms with E-state index in [1.54, 1.807) is 31.4 Å². The molecule has 0 radical (unpaired) electrons. The van der Waals surface area contributed by atoms with Crippen molar-refractivity contribution in [1.29, 1.82) is 0 Å². The van der Waals surface area contributed by atoms with Crippen LogP contribution in [0.25, 0.3) is 0 Å². The number of methoxy groups -OCH3 is 1. The molecule has 0 saturated carbocycles. The summed E-state index contributed by atoms with van der Waals surface area (Å²) in [6.45, 7) is 0.521. The van der Waals surface area contributed by atoms with E-state index in [2.05, 4.69) is 0 Å². The molecule has 2 aromatic rings. The first-order valence-electron chi connectivity index (χ1n) is 8.01. The van der Waals surface area contributed by atoms with Gasteiger partial charge >= 0.3 is 0 Å². The molecule has 1 aliphatic rings. The van der Waals surface area contributed by atoms with Crippen LogP contribution in [0.2, 0.25) is 0 Å². The second kappa shape index (κ2) is 7.29. The molecule has 6 heteroatoms. The van der Waals surface area contributed by atoms with Gasteiger partial charge in [0.05, 0.1) is 18.8 Å². The zero-order valence-electron chi connectivity index (χ0n) is 13.8. The molecule has 2 atom stereocenters. The van der Waals surface area contributed by atoms with E-state index in [0.29, 0.717) is 12.2 Å². The predicted molar refractivity (Wildman–Crippen MR) is 87.9 cm³/mol. The lowest BCUT2D eigenvalue weighted by Gasteiger charge is -2.25. The zero-order valence-corrected chi connectivity index (χ0v) is 13.8. The number of benzene rings is 2. The van der Waals surface area contributed by atoms with Crippen molar-refractivity contribution in [1.82, 2.24) is 4.90 Å². The van der Waals surface area contributed by atoms with Gasteiger partial charge in [0.2, 0.25) is 0 Å². The second-order valence-corrected chi connectivity index (χ2v) is 6.16. The first-order chi connectivity index (χ1) is 12.0. The third-order valence-corrected chi connectivity index (χ3v) is 4.37. The highest BCUT2D eigenvalue weighted by Gasteiger charge is 2.37. The minimum absolute atomic E-state index is 0.0826. The second-order valence-electron chi connectivity index (χ2n) is 6.16. The van der Waals surface area contributed by atoms with Crippen LogP contribution in [0.5, 0.6) is 0 Å². The highest BCUT2D eigenvalue weighted by atomic mass is 19.1. The number of hydrogen-bond acceptors (Lipinski definition) is 3. The van der Waals surface area contributed by atoms with Gasteiger partial charge in [-0.2, -0.15) is 0 Å². The Morgan fingerprint density at radius 3 is 2.64 bits per heavy atom. The van der Waals surface area contributed by atoms with E-state index in [9.17, 15) is 18.7 Å². The Balaban J connectivity index is 1.88. The number of carbonyl (C=O) groups is 1. The maximum absolute atomic E-state index is 14.1. The average molecular weight is 347 g/mol. The Morgan fingerprint density at radius 1 is 1.24 bits per heavy atom. The van der Waals surface area contributed by atoms with Gasteiger partial charge in [0.1, 0.15) is 11.6 Å². The van der Waals surface area contributed by atoms with Gasteiger partial charge in [-0.25, -0.2) is 8.78 Å². The summed E-state index contributed by atoms with van der Waals surface area (Å²) in [4.78, 5) is 14.2. The van der Waals surface area contributed by atoms with Crippen LogP contribution >= 0.6 is 0 Å². The topological polar surface area (TPSA) is 49.8 Å². The molecule has 1 fully saturated rings. The minimum atomic E-state index is -0.774. The number of nitrogens with zero attached hydrogens (tertiary/aromatic N) is 1. The number of carbonyl (C=O) groups excluding carboxylic acids is 1. The maximum atomic E-state index is 14.1. The molecule has 0 bridgehead atoms. The predicted octanol–water partition coefficient (Wildman–Crippen LogP) is 3.06. The Bertz CT molecular complexity index is 764. The van der Waals surface area contributed by atoms with Gasteiger partial charge in [-0.3, -0.25) is 4.79 Å². The number of aliphatic hydroxyl groups excluding tert-OH is 1. The van der Waals surface area contributed by atoms with Crippen LogP contribution in [-0.2, 0) is 11.3 Å². The quantitative estimate of drug-likeness (QED) is 0.925. The van der Waals surface area contributed by atoms with Gasteiger partial charge in [0, 0.05) is 24.8 Å². The van der Waals surface area contributed by atoms with E-state index in [1.807, 2.05) is 0 Å². The Hall–Kier alpha value is -2.31. The number of rotatable bonds is 4. The maximum Gasteiger partial charge on any atom is 0.254 e. The normalized spacial score (nSPS) is 20.1. The number of likely N-dealkylation sites (tertiary alicyclic amines) is 1. The molecule has 0 aromatic heterocycles. The smallest absolute Gasteiger partial charge is 0.254 e. The van der Waals surface area contributed by atoms with Crippen LogP contribution in [0.4, 0.5) is 8.78 Å². The summed E-state index contributed by atoms with van der Waals surface area (Å²) >= 11 is 0. The van der Waals surface area contributed by atoms with E-state index in [0.717, 1.165) is 23.8 Å². The highest BCUT2D eigenvalue weighted by molar-refractivity contribution is 5.94. The molecule has 1 heterocycles. The van der Waals surface area contributed by atoms with Crippen LogP contribution < -0.4 is 0 Å². The molecule has 1 amide bonds. The van der Waals surface area contributed by atoms with Crippen LogP contribution in [-0.4, -0.2) is 35.7 Å². The van der Waals surface area contributed by atoms with Gasteiger partial charge in [0.25, 0.3) is 5.91 Å².